The van der Waals surface area contributed by atoms with E-state index in [1.165, 1.54) is 4.68 Å². The van der Waals surface area contributed by atoms with Crippen LogP contribution in [0.2, 0.25) is 5.02 Å². The first-order valence-corrected chi connectivity index (χ1v) is 13.3. The molecule has 5 rings (SSSR count). The smallest absolute Gasteiger partial charge is 0.339 e. The molecule has 2 aliphatic rings. The van der Waals surface area contributed by atoms with Crippen molar-refractivity contribution in [1.82, 2.24) is 19.7 Å². The standard InChI is InChI=1S/C27H31ClF2N6O2.ClH/c1-2-33-10-12-34(13-11-33)24-8-5-18(15-31-24)21-7-6-19(28)14-23(21)35-9-3-4-20(17-35)36-25(26(29)30)22(16-32-36)27(37)38;/h5-8,14-16,20,26H,2-4,9-13,17H2,1H3,(H,37,38);1H. The zero-order chi connectivity index (χ0) is 26.8. The molecule has 0 amide bonds. The zero-order valence-electron chi connectivity index (χ0n) is 21.6. The normalized spacial score (nSPS) is 18.3. The molecular formula is C27H32Cl2F2N6O2. The number of anilines is 2. The lowest BCUT2D eigenvalue weighted by Crippen LogP contribution is -2.46. The highest BCUT2D eigenvalue weighted by molar-refractivity contribution is 6.31. The summed E-state index contributed by atoms with van der Waals surface area (Å²) in [6.07, 6.45) is 1.31. The Balaban J connectivity index is 0.00000353. The molecule has 1 unspecified atom stereocenters. The Morgan fingerprint density at radius 1 is 1.10 bits per heavy atom. The van der Waals surface area contributed by atoms with E-state index in [0.717, 1.165) is 68.0 Å². The summed E-state index contributed by atoms with van der Waals surface area (Å²) in [5.74, 6) is -0.454. The van der Waals surface area contributed by atoms with Gasteiger partial charge in [0.2, 0.25) is 0 Å². The van der Waals surface area contributed by atoms with E-state index in [9.17, 15) is 18.7 Å². The molecule has 2 aromatic heterocycles. The predicted molar refractivity (Wildman–Crippen MR) is 151 cm³/mol. The number of aromatic carboxylic acids is 1. The van der Waals surface area contributed by atoms with E-state index in [-0.39, 0.29) is 12.4 Å². The Hall–Kier alpha value is -2.95. The number of aromatic nitrogens is 3. The van der Waals surface area contributed by atoms with Gasteiger partial charge in [-0.1, -0.05) is 24.6 Å². The third-order valence-corrected chi connectivity index (χ3v) is 7.75. The van der Waals surface area contributed by atoms with Gasteiger partial charge < -0.3 is 19.8 Å². The first-order chi connectivity index (χ1) is 18.4. The summed E-state index contributed by atoms with van der Waals surface area (Å²) in [7, 11) is 0. The first kappa shape index (κ1) is 29.0. The van der Waals surface area contributed by atoms with Crippen molar-refractivity contribution < 1.29 is 18.7 Å². The van der Waals surface area contributed by atoms with Crippen molar-refractivity contribution in [2.45, 2.75) is 32.2 Å². The lowest BCUT2D eigenvalue weighted by atomic mass is 10.00. The van der Waals surface area contributed by atoms with Crippen molar-refractivity contribution >= 4 is 41.5 Å². The molecule has 2 fully saturated rings. The number of hydrogen-bond acceptors (Lipinski definition) is 6. The average Bonchev–Trinajstić information content (AvgIpc) is 3.40. The van der Waals surface area contributed by atoms with Crippen molar-refractivity contribution in [1.29, 1.82) is 0 Å². The average molecular weight is 581 g/mol. The number of benzene rings is 1. The van der Waals surface area contributed by atoms with Crippen molar-refractivity contribution in [3.05, 3.63) is 59.0 Å². The van der Waals surface area contributed by atoms with Crippen LogP contribution in [0.1, 0.15) is 48.3 Å². The third kappa shape index (κ3) is 6.13. The van der Waals surface area contributed by atoms with Gasteiger partial charge in [-0.3, -0.25) is 4.68 Å². The Kier molecular flexibility index (Phi) is 9.30. The highest BCUT2D eigenvalue weighted by Crippen LogP contribution is 2.37. The fourth-order valence-corrected chi connectivity index (χ4v) is 5.62. The van der Waals surface area contributed by atoms with Gasteiger partial charge in [-0.2, -0.15) is 5.10 Å². The van der Waals surface area contributed by atoms with Gasteiger partial charge in [0.1, 0.15) is 17.1 Å². The van der Waals surface area contributed by atoms with Gasteiger partial charge in [0.15, 0.2) is 0 Å². The molecule has 3 aromatic rings. The van der Waals surface area contributed by atoms with Crippen LogP contribution in [0.3, 0.4) is 0 Å². The maximum Gasteiger partial charge on any atom is 0.339 e. The Bertz CT molecular complexity index is 1280. The van der Waals surface area contributed by atoms with Gasteiger partial charge in [-0.25, -0.2) is 18.6 Å². The van der Waals surface area contributed by atoms with E-state index in [2.05, 4.69) is 32.8 Å². The second-order valence-corrected chi connectivity index (χ2v) is 10.2. The van der Waals surface area contributed by atoms with Crippen LogP contribution in [0.15, 0.2) is 42.7 Å². The molecule has 1 aromatic carbocycles. The van der Waals surface area contributed by atoms with Crippen LogP contribution in [0, 0.1) is 0 Å². The number of piperazine rings is 1. The van der Waals surface area contributed by atoms with Crippen LogP contribution in [-0.2, 0) is 0 Å². The number of piperidine rings is 1. The molecule has 2 aliphatic heterocycles. The summed E-state index contributed by atoms with van der Waals surface area (Å²) in [6.45, 7) is 8.29. The molecule has 39 heavy (non-hydrogen) atoms. The van der Waals surface area contributed by atoms with E-state index in [0.29, 0.717) is 24.5 Å². The highest BCUT2D eigenvalue weighted by Gasteiger charge is 2.31. The molecule has 0 radical (unpaired) electrons. The molecule has 1 N–H and O–H groups in total. The zero-order valence-corrected chi connectivity index (χ0v) is 23.2. The molecule has 8 nitrogen and oxygen atoms in total. The molecule has 210 valence electrons. The van der Waals surface area contributed by atoms with Crippen molar-refractivity contribution in [2.24, 2.45) is 0 Å². The van der Waals surface area contributed by atoms with Gasteiger partial charge in [-0.05, 0) is 43.7 Å². The number of carboxylic acid groups (broad SMARTS) is 1. The van der Waals surface area contributed by atoms with Gasteiger partial charge >= 0.3 is 5.97 Å². The number of carbonyl (C=O) groups is 1. The molecule has 0 bridgehead atoms. The highest BCUT2D eigenvalue weighted by atomic mass is 35.5. The molecule has 2 saturated heterocycles. The number of rotatable bonds is 7. The van der Waals surface area contributed by atoms with Crippen molar-refractivity contribution in [3.63, 3.8) is 0 Å². The fraction of sp³-hybridized carbons (Fsp3) is 0.444. The number of alkyl halides is 2. The summed E-state index contributed by atoms with van der Waals surface area (Å²) in [5, 5.41) is 14.0. The van der Waals surface area contributed by atoms with Gasteiger partial charge in [-0.15, -0.1) is 12.4 Å². The molecule has 0 aliphatic carbocycles. The van der Waals surface area contributed by atoms with Crippen LogP contribution in [0.5, 0.6) is 0 Å². The van der Waals surface area contributed by atoms with E-state index in [4.69, 9.17) is 16.6 Å². The van der Waals surface area contributed by atoms with Crippen LogP contribution in [0.4, 0.5) is 20.3 Å². The number of hydrogen-bond donors (Lipinski definition) is 1. The maximum absolute atomic E-state index is 13.8. The molecule has 0 spiro atoms. The third-order valence-electron chi connectivity index (χ3n) is 7.52. The SMILES string of the molecule is CCN1CCN(c2ccc(-c3ccc(Cl)cc3N3CCCC(n4ncc(C(=O)O)c4C(F)F)C3)cn2)CC1.Cl. The number of likely N-dealkylation sites (N-methyl/N-ethyl adjacent to an activating group) is 1. The lowest BCUT2D eigenvalue weighted by molar-refractivity contribution is 0.0681. The van der Waals surface area contributed by atoms with Gasteiger partial charge in [0, 0.05) is 67.3 Å². The second kappa shape index (κ2) is 12.5. The van der Waals surface area contributed by atoms with E-state index >= 15 is 0 Å². The number of nitrogens with zero attached hydrogens (tertiary/aromatic N) is 6. The minimum atomic E-state index is -2.93. The minimum Gasteiger partial charge on any atom is -0.478 e. The quantitative estimate of drug-likeness (QED) is 0.387. The largest absolute Gasteiger partial charge is 0.478 e. The molecule has 4 heterocycles. The molecule has 0 saturated carbocycles. The van der Waals surface area contributed by atoms with Crippen LogP contribution in [0.25, 0.3) is 11.1 Å². The van der Waals surface area contributed by atoms with Crippen molar-refractivity contribution in [3.8, 4) is 11.1 Å². The molecular weight excluding hydrogens is 549 g/mol. The summed E-state index contributed by atoms with van der Waals surface area (Å²) in [4.78, 5) is 23.1. The Morgan fingerprint density at radius 2 is 1.87 bits per heavy atom. The van der Waals surface area contributed by atoms with Crippen LogP contribution in [-0.4, -0.2) is 76.6 Å². The molecule has 12 heteroatoms. The number of halogens is 4. The predicted octanol–water partition coefficient (Wildman–Crippen LogP) is 5.64. The van der Waals surface area contributed by atoms with Crippen LogP contribution < -0.4 is 9.80 Å². The lowest BCUT2D eigenvalue weighted by Gasteiger charge is -2.36. The van der Waals surface area contributed by atoms with E-state index < -0.39 is 29.7 Å². The fourth-order valence-electron chi connectivity index (χ4n) is 5.45. The monoisotopic (exact) mass is 580 g/mol. The Morgan fingerprint density at radius 3 is 2.51 bits per heavy atom. The van der Waals surface area contributed by atoms with Gasteiger partial charge in [0.05, 0.1) is 12.2 Å². The minimum absolute atomic E-state index is 0. The van der Waals surface area contributed by atoms with E-state index in [1.807, 2.05) is 30.5 Å². The Labute approximate surface area is 237 Å². The second-order valence-electron chi connectivity index (χ2n) is 9.72. The van der Waals surface area contributed by atoms with Crippen molar-refractivity contribution in [2.75, 3.05) is 55.6 Å². The topological polar surface area (TPSA) is 77.7 Å². The molecule has 1 atom stereocenters. The summed E-state index contributed by atoms with van der Waals surface area (Å²) in [6, 6.07) is 9.39. The van der Waals surface area contributed by atoms with Crippen LogP contribution >= 0.6 is 24.0 Å². The summed E-state index contributed by atoms with van der Waals surface area (Å²) >= 11 is 6.40. The maximum atomic E-state index is 13.8. The number of pyridine rings is 1. The number of carboxylic acids is 1. The van der Waals surface area contributed by atoms with E-state index in [1.54, 1.807) is 0 Å². The summed E-state index contributed by atoms with van der Waals surface area (Å²) in [5.41, 5.74) is 1.77. The van der Waals surface area contributed by atoms with Gasteiger partial charge in [0.25, 0.3) is 6.43 Å². The summed E-state index contributed by atoms with van der Waals surface area (Å²) < 4.78 is 28.9. The first-order valence-electron chi connectivity index (χ1n) is 12.9.